The Kier molecular flexibility index (Phi) is 5.13. The van der Waals surface area contributed by atoms with Gasteiger partial charge < -0.3 is 10.4 Å². The van der Waals surface area contributed by atoms with E-state index in [9.17, 15) is 14.7 Å². The molecule has 130 valence electrons. The fraction of sp³-hybridized carbons (Fsp3) is 0.474. The number of rotatable bonds is 6. The van der Waals surface area contributed by atoms with Crippen LogP contribution < -0.4 is 5.32 Å². The lowest BCUT2D eigenvalue weighted by atomic mass is 9.81. The van der Waals surface area contributed by atoms with Crippen LogP contribution in [-0.2, 0) is 4.79 Å². The number of aliphatic hydroxyl groups excluding tert-OH is 1. The number of aliphatic hydroxyl groups is 1. The van der Waals surface area contributed by atoms with Gasteiger partial charge in [-0.15, -0.1) is 0 Å². The number of nitrogens with zero attached hydrogens (tertiary/aromatic N) is 1. The molecule has 2 rings (SSSR count). The van der Waals surface area contributed by atoms with Gasteiger partial charge >= 0.3 is 0 Å². The van der Waals surface area contributed by atoms with E-state index in [-0.39, 0.29) is 24.3 Å². The lowest BCUT2D eigenvalue weighted by Gasteiger charge is -2.33. The Hall–Kier alpha value is -2.14. The van der Waals surface area contributed by atoms with Crippen LogP contribution in [0, 0.1) is 11.3 Å². The molecule has 0 aliphatic carbocycles. The number of carbonyl (C=O) groups excluding carboxylic acids is 2. The van der Waals surface area contributed by atoms with E-state index in [2.05, 4.69) is 11.9 Å². The van der Waals surface area contributed by atoms with Gasteiger partial charge in [0, 0.05) is 28.8 Å². The molecule has 1 aliphatic rings. The van der Waals surface area contributed by atoms with Crippen LogP contribution in [0.3, 0.4) is 0 Å². The lowest BCUT2D eigenvalue weighted by Crippen LogP contribution is -2.46. The minimum atomic E-state index is -0.523. The van der Waals surface area contributed by atoms with Crippen LogP contribution in [0.1, 0.15) is 43.6 Å². The van der Waals surface area contributed by atoms with Crippen molar-refractivity contribution in [1.82, 2.24) is 10.2 Å². The van der Waals surface area contributed by atoms with E-state index in [1.54, 1.807) is 12.1 Å². The summed E-state index contributed by atoms with van der Waals surface area (Å²) in [5.41, 5.74) is 1.45. The van der Waals surface area contributed by atoms with Gasteiger partial charge in [0.25, 0.3) is 5.91 Å². The van der Waals surface area contributed by atoms with Crippen LogP contribution in [0.5, 0.6) is 0 Å². The summed E-state index contributed by atoms with van der Waals surface area (Å²) in [6.07, 6.45) is -0.523. The highest BCUT2D eigenvalue weighted by Crippen LogP contribution is 2.30. The molecule has 0 aromatic heterocycles. The molecular formula is C19H26N2O3. The average Bonchev–Trinajstić information content (AvgIpc) is 2.77. The molecule has 0 saturated carbocycles. The molecule has 0 radical (unpaired) electrons. The summed E-state index contributed by atoms with van der Waals surface area (Å²) in [7, 11) is 0. The van der Waals surface area contributed by atoms with Crippen LogP contribution in [0.15, 0.2) is 30.8 Å². The minimum absolute atomic E-state index is 0.0692. The van der Waals surface area contributed by atoms with Crippen molar-refractivity contribution in [2.45, 2.75) is 33.8 Å². The van der Waals surface area contributed by atoms with E-state index in [0.717, 1.165) is 5.56 Å². The van der Waals surface area contributed by atoms with E-state index in [1.807, 2.05) is 39.8 Å². The Labute approximate surface area is 143 Å². The first-order valence-corrected chi connectivity index (χ1v) is 8.20. The molecular weight excluding hydrogens is 304 g/mol. The third-order valence-electron chi connectivity index (χ3n) is 4.51. The van der Waals surface area contributed by atoms with Gasteiger partial charge in [-0.1, -0.05) is 52.5 Å². The Bertz CT molecular complexity index is 629. The zero-order valence-corrected chi connectivity index (χ0v) is 14.8. The van der Waals surface area contributed by atoms with Gasteiger partial charge in [0.15, 0.2) is 0 Å². The highest BCUT2D eigenvalue weighted by atomic mass is 16.3. The number of nitrogens with one attached hydrogen (secondary N) is 1. The number of amides is 2. The third kappa shape index (κ3) is 3.51. The summed E-state index contributed by atoms with van der Waals surface area (Å²) in [5.74, 6) is -0.361. The SMILES string of the molecule is C=C1c2ccccc2C(=O)N1CC(=O)NCC(C)(C)C(O)C(C)C. The first kappa shape index (κ1) is 18.2. The molecule has 1 heterocycles. The molecule has 1 unspecified atom stereocenters. The molecule has 5 nitrogen and oxygen atoms in total. The maximum Gasteiger partial charge on any atom is 0.259 e. The predicted octanol–water partition coefficient (Wildman–Crippen LogP) is 2.27. The summed E-state index contributed by atoms with van der Waals surface area (Å²) >= 11 is 0. The predicted molar refractivity (Wildman–Crippen MR) is 94.1 cm³/mol. The zero-order valence-electron chi connectivity index (χ0n) is 14.8. The van der Waals surface area contributed by atoms with Gasteiger partial charge in [0.05, 0.1) is 6.10 Å². The second-order valence-electron chi connectivity index (χ2n) is 7.34. The fourth-order valence-corrected chi connectivity index (χ4v) is 3.03. The number of hydrogen-bond donors (Lipinski definition) is 2. The van der Waals surface area contributed by atoms with Crippen molar-refractivity contribution in [3.05, 3.63) is 42.0 Å². The number of carbonyl (C=O) groups is 2. The van der Waals surface area contributed by atoms with Crippen molar-refractivity contribution in [1.29, 1.82) is 0 Å². The van der Waals surface area contributed by atoms with Crippen molar-refractivity contribution >= 4 is 17.5 Å². The molecule has 24 heavy (non-hydrogen) atoms. The second-order valence-corrected chi connectivity index (χ2v) is 7.34. The van der Waals surface area contributed by atoms with Gasteiger partial charge in [0.1, 0.15) is 6.54 Å². The first-order chi connectivity index (χ1) is 11.1. The van der Waals surface area contributed by atoms with Crippen molar-refractivity contribution < 1.29 is 14.7 Å². The van der Waals surface area contributed by atoms with Gasteiger partial charge in [-0.05, 0) is 12.0 Å². The Morgan fingerprint density at radius 2 is 1.88 bits per heavy atom. The van der Waals surface area contributed by atoms with E-state index < -0.39 is 11.5 Å². The molecule has 2 amide bonds. The average molecular weight is 330 g/mol. The van der Waals surface area contributed by atoms with E-state index >= 15 is 0 Å². The van der Waals surface area contributed by atoms with E-state index in [4.69, 9.17) is 0 Å². The molecule has 0 bridgehead atoms. The zero-order chi connectivity index (χ0) is 18.1. The largest absolute Gasteiger partial charge is 0.392 e. The van der Waals surface area contributed by atoms with Crippen LogP contribution in [0.2, 0.25) is 0 Å². The summed E-state index contributed by atoms with van der Waals surface area (Å²) in [6.45, 7) is 11.9. The topological polar surface area (TPSA) is 69.6 Å². The number of benzene rings is 1. The van der Waals surface area contributed by atoms with Crippen LogP contribution in [-0.4, -0.2) is 41.0 Å². The molecule has 0 saturated heterocycles. The molecule has 0 spiro atoms. The maximum absolute atomic E-state index is 12.4. The standard InChI is InChI=1S/C19H26N2O3/c1-12(2)17(23)19(4,5)11-20-16(22)10-21-13(3)14-8-6-7-9-15(14)18(21)24/h6-9,12,17,23H,3,10-11H2,1-2,4-5H3,(H,20,22). The molecule has 1 aromatic carbocycles. The maximum atomic E-state index is 12.4. The van der Waals surface area contributed by atoms with E-state index in [0.29, 0.717) is 17.8 Å². The Balaban J connectivity index is 1.97. The van der Waals surface area contributed by atoms with Gasteiger partial charge in [0.2, 0.25) is 5.91 Å². The van der Waals surface area contributed by atoms with Gasteiger partial charge in [-0.25, -0.2) is 0 Å². The minimum Gasteiger partial charge on any atom is -0.392 e. The van der Waals surface area contributed by atoms with Crippen molar-refractivity contribution in [3.8, 4) is 0 Å². The van der Waals surface area contributed by atoms with Gasteiger partial charge in [-0.2, -0.15) is 0 Å². The number of fused-ring (bicyclic) bond motifs is 1. The molecule has 5 heteroatoms. The highest BCUT2D eigenvalue weighted by Gasteiger charge is 2.33. The third-order valence-corrected chi connectivity index (χ3v) is 4.51. The quantitative estimate of drug-likeness (QED) is 0.841. The van der Waals surface area contributed by atoms with Crippen LogP contribution in [0.4, 0.5) is 0 Å². The lowest BCUT2D eigenvalue weighted by molar-refractivity contribution is -0.122. The van der Waals surface area contributed by atoms with Crippen LogP contribution >= 0.6 is 0 Å². The molecule has 1 aromatic rings. The van der Waals surface area contributed by atoms with Crippen molar-refractivity contribution in [2.75, 3.05) is 13.1 Å². The summed E-state index contributed by atoms with van der Waals surface area (Å²) < 4.78 is 0. The summed E-state index contributed by atoms with van der Waals surface area (Å²) in [5, 5.41) is 13.0. The van der Waals surface area contributed by atoms with Crippen LogP contribution in [0.25, 0.3) is 5.70 Å². The highest BCUT2D eigenvalue weighted by molar-refractivity contribution is 6.10. The Morgan fingerprint density at radius 3 is 2.42 bits per heavy atom. The molecule has 1 aliphatic heterocycles. The smallest absolute Gasteiger partial charge is 0.259 e. The van der Waals surface area contributed by atoms with Gasteiger partial charge in [-0.3, -0.25) is 14.5 Å². The monoisotopic (exact) mass is 330 g/mol. The van der Waals surface area contributed by atoms with Crippen molar-refractivity contribution in [2.24, 2.45) is 11.3 Å². The second kappa shape index (κ2) is 6.77. The summed E-state index contributed by atoms with van der Waals surface area (Å²) in [4.78, 5) is 26.0. The van der Waals surface area contributed by atoms with E-state index in [1.165, 1.54) is 4.90 Å². The first-order valence-electron chi connectivity index (χ1n) is 8.20. The number of hydrogen-bond acceptors (Lipinski definition) is 3. The molecule has 1 atom stereocenters. The summed E-state index contributed by atoms with van der Waals surface area (Å²) in [6, 6.07) is 7.21. The Morgan fingerprint density at radius 1 is 1.29 bits per heavy atom. The molecule has 0 fully saturated rings. The fourth-order valence-electron chi connectivity index (χ4n) is 3.03. The molecule has 2 N–H and O–H groups in total. The van der Waals surface area contributed by atoms with Crippen molar-refractivity contribution in [3.63, 3.8) is 0 Å². The normalized spacial score (nSPS) is 15.7.